The molecule has 1 aromatic rings. The molecule has 1 aliphatic rings. The van der Waals surface area contributed by atoms with Gasteiger partial charge in [0.15, 0.2) is 11.9 Å². The van der Waals surface area contributed by atoms with Crippen LogP contribution in [0.5, 0.6) is 5.75 Å². The Labute approximate surface area is 103 Å². The number of pyridine rings is 1. The Balaban J connectivity index is 2.35. The zero-order chi connectivity index (χ0) is 13.3. The van der Waals surface area contributed by atoms with E-state index in [1.54, 1.807) is 0 Å². The average Bonchev–Trinajstić information content (AvgIpc) is 3.02. The quantitative estimate of drug-likeness (QED) is 0.630. The van der Waals surface area contributed by atoms with Crippen molar-refractivity contribution in [1.82, 2.24) is 4.98 Å². The fourth-order valence-electron chi connectivity index (χ4n) is 1.27. The molecule has 1 aliphatic carbocycles. The highest BCUT2D eigenvalue weighted by molar-refractivity contribution is 7.92. The summed E-state index contributed by atoms with van der Waals surface area (Å²) in [5.74, 6) is -0.238. The number of hydrogen-bond acceptors (Lipinski definition) is 6. The van der Waals surface area contributed by atoms with Gasteiger partial charge >= 0.3 is 5.82 Å². The van der Waals surface area contributed by atoms with Crippen LogP contribution in [0.25, 0.3) is 0 Å². The molecule has 0 aliphatic heterocycles. The SMILES string of the molecule is CS(=O)(=O)Nc1cc([N+](=O)[O-])ncc1OC1CC1. The lowest BCUT2D eigenvalue weighted by Crippen LogP contribution is -2.12. The van der Waals surface area contributed by atoms with Gasteiger partial charge in [-0.3, -0.25) is 4.72 Å². The molecule has 2 rings (SSSR count). The summed E-state index contributed by atoms with van der Waals surface area (Å²) in [5, 5.41) is 10.6. The van der Waals surface area contributed by atoms with Gasteiger partial charge in [-0.2, -0.15) is 0 Å². The number of aromatic nitrogens is 1. The van der Waals surface area contributed by atoms with Crippen molar-refractivity contribution in [2.45, 2.75) is 18.9 Å². The number of nitrogens with zero attached hydrogens (tertiary/aromatic N) is 2. The first kappa shape index (κ1) is 12.6. The molecular weight excluding hydrogens is 262 g/mol. The largest absolute Gasteiger partial charge is 0.484 e. The normalized spacial score (nSPS) is 15.2. The predicted octanol–water partition coefficient (Wildman–Crippen LogP) is 0.902. The van der Waals surface area contributed by atoms with Gasteiger partial charge in [0.2, 0.25) is 10.0 Å². The number of nitrogens with one attached hydrogen (secondary N) is 1. The lowest BCUT2D eigenvalue weighted by Gasteiger charge is -2.09. The third kappa shape index (κ3) is 3.29. The van der Waals surface area contributed by atoms with Crippen molar-refractivity contribution in [2.24, 2.45) is 0 Å². The van der Waals surface area contributed by atoms with E-state index < -0.39 is 20.8 Å². The monoisotopic (exact) mass is 273 g/mol. The van der Waals surface area contributed by atoms with Gasteiger partial charge in [-0.15, -0.1) is 0 Å². The third-order valence-corrected chi connectivity index (χ3v) is 2.74. The van der Waals surface area contributed by atoms with Gasteiger partial charge in [-0.1, -0.05) is 0 Å². The molecular formula is C9H11N3O5S. The van der Waals surface area contributed by atoms with E-state index in [9.17, 15) is 18.5 Å². The van der Waals surface area contributed by atoms with Gasteiger partial charge in [-0.25, -0.2) is 8.42 Å². The van der Waals surface area contributed by atoms with Crippen LogP contribution in [0.15, 0.2) is 12.3 Å². The second-order valence-electron chi connectivity index (χ2n) is 3.99. The van der Waals surface area contributed by atoms with Crippen molar-refractivity contribution in [2.75, 3.05) is 11.0 Å². The second-order valence-corrected chi connectivity index (χ2v) is 5.74. The first-order valence-electron chi connectivity index (χ1n) is 5.14. The third-order valence-electron chi connectivity index (χ3n) is 2.15. The summed E-state index contributed by atoms with van der Waals surface area (Å²) < 4.78 is 30.0. The van der Waals surface area contributed by atoms with E-state index in [2.05, 4.69) is 9.71 Å². The number of sulfonamides is 1. The van der Waals surface area contributed by atoms with Crippen LogP contribution in [-0.4, -0.2) is 30.7 Å². The molecule has 18 heavy (non-hydrogen) atoms. The standard InChI is InChI=1S/C9H11N3O5S/c1-18(15,16)11-7-4-9(12(13)14)10-5-8(7)17-6-2-3-6/h4-6H,2-3H2,1H3,(H,10,11). The Morgan fingerprint density at radius 2 is 2.22 bits per heavy atom. The molecule has 8 nitrogen and oxygen atoms in total. The summed E-state index contributed by atoms with van der Waals surface area (Å²) in [7, 11) is -3.54. The molecule has 1 aromatic heterocycles. The summed E-state index contributed by atoms with van der Waals surface area (Å²) >= 11 is 0. The van der Waals surface area contributed by atoms with E-state index in [0.29, 0.717) is 0 Å². The van der Waals surface area contributed by atoms with Gasteiger partial charge in [-0.05, 0) is 22.7 Å². The molecule has 9 heteroatoms. The van der Waals surface area contributed by atoms with Crippen molar-refractivity contribution in [3.8, 4) is 5.75 Å². The summed E-state index contributed by atoms with van der Waals surface area (Å²) in [4.78, 5) is 13.5. The summed E-state index contributed by atoms with van der Waals surface area (Å²) in [6.07, 6.45) is 3.92. The highest BCUT2D eigenvalue weighted by Gasteiger charge is 2.27. The van der Waals surface area contributed by atoms with E-state index in [1.807, 2.05) is 0 Å². The van der Waals surface area contributed by atoms with Crippen molar-refractivity contribution in [3.63, 3.8) is 0 Å². The Bertz CT molecular complexity index is 582. The fourth-order valence-corrected chi connectivity index (χ4v) is 1.83. The maximum absolute atomic E-state index is 11.2. The smallest absolute Gasteiger partial charge is 0.365 e. The van der Waals surface area contributed by atoms with Crippen LogP contribution >= 0.6 is 0 Å². The van der Waals surface area contributed by atoms with Crippen molar-refractivity contribution < 1.29 is 18.1 Å². The molecule has 0 bridgehead atoms. The molecule has 0 aromatic carbocycles. The molecule has 0 amide bonds. The maximum atomic E-state index is 11.2. The average molecular weight is 273 g/mol. The van der Waals surface area contributed by atoms with Crippen LogP contribution in [0.1, 0.15) is 12.8 Å². The van der Waals surface area contributed by atoms with E-state index in [1.165, 1.54) is 0 Å². The molecule has 1 N–H and O–H groups in total. The molecule has 1 saturated carbocycles. The number of nitro groups is 1. The zero-order valence-electron chi connectivity index (χ0n) is 9.49. The predicted molar refractivity (Wildman–Crippen MR) is 63.0 cm³/mol. The minimum atomic E-state index is -3.54. The van der Waals surface area contributed by atoms with E-state index in [-0.39, 0.29) is 17.5 Å². The fraction of sp³-hybridized carbons (Fsp3) is 0.444. The number of hydrogen-bond donors (Lipinski definition) is 1. The highest BCUT2D eigenvalue weighted by atomic mass is 32.2. The van der Waals surface area contributed by atoms with Crippen LogP contribution in [-0.2, 0) is 10.0 Å². The molecule has 0 radical (unpaired) electrons. The number of anilines is 1. The molecule has 0 saturated heterocycles. The van der Waals surface area contributed by atoms with E-state index in [0.717, 1.165) is 31.4 Å². The number of ether oxygens (including phenoxy) is 1. The first-order chi connectivity index (χ1) is 8.35. The van der Waals surface area contributed by atoms with E-state index in [4.69, 9.17) is 4.74 Å². The van der Waals surface area contributed by atoms with Crippen LogP contribution in [0.2, 0.25) is 0 Å². The molecule has 0 atom stereocenters. The van der Waals surface area contributed by atoms with Gasteiger partial charge < -0.3 is 14.9 Å². The van der Waals surface area contributed by atoms with Crippen LogP contribution < -0.4 is 9.46 Å². The van der Waals surface area contributed by atoms with Gasteiger partial charge in [0, 0.05) is 0 Å². The van der Waals surface area contributed by atoms with Gasteiger partial charge in [0.1, 0.15) is 5.69 Å². The van der Waals surface area contributed by atoms with Crippen LogP contribution in [0, 0.1) is 10.1 Å². The molecule has 1 heterocycles. The molecule has 0 spiro atoms. The van der Waals surface area contributed by atoms with Crippen molar-refractivity contribution in [3.05, 3.63) is 22.4 Å². The van der Waals surface area contributed by atoms with Crippen LogP contribution in [0.4, 0.5) is 11.5 Å². The topological polar surface area (TPSA) is 111 Å². The van der Waals surface area contributed by atoms with Crippen molar-refractivity contribution >= 4 is 21.5 Å². The first-order valence-corrected chi connectivity index (χ1v) is 7.03. The van der Waals surface area contributed by atoms with E-state index >= 15 is 0 Å². The second kappa shape index (κ2) is 4.41. The molecule has 0 unspecified atom stereocenters. The highest BCUT2D eigenvalue weighted by Crippen LogP contribution is 2.33. The molecule has 98 valence electrons. The lowest BCUT2D eigenvalue weighted by molar-refractivity contribution is -0.389. The van der Waals surface area contributed by atoms with Gasteiger partial charge in [0.05, 0.1) is 18.4 Å². The summed E-state index contributed by atoms with van der Waals surface area (Å²) in [6, 6.07) is 1.04. The van der Waals surface area contributed by atoms with Gasteiger partial charge in [0.25, 0.3) is 0 Å². The minimum Gasteiger partial charge on any atom is -0.484 e. The number of rotatable bonds is 5. The Morgan fingerprint density at radius 1 is 1.56 bits per heavy atom. The summed E-state index contributed by atoms with van der Waals surface area (Å²) in [6.45, 7) is 0. The minimum absolute atomic E-state index is 0.0334. The maximum Gasteiger partial charge on any atom is 0.365 e. The molecule has 1 fully saturated rings. The van der Waals surface area contributed by atoms with Crippen LogP contribution in [0.3, 0.4) is 0 Å². The Morgan fingerprint density at radius 3 is 2.72 bits per heavy atom. The Hall–Kier alpha value is -1.90. The summed E-state index contributed by atoms with van der Waals surface area (Å²) in [5.41, 5.74) is 0.0334. The Kier molecular flexibility index (Phi) is 3.07. The lowest BCUT2D eigenvalue weighted by atomic mass is 10.4. The zero-order valence-corrected chi connectivity index (χ0v) is 10.3. The van der Waals surface area contributed by atoms with Crippen molar-refractivity contribution in [1.29, 1.82) is 0 Å².